The van der Waals surface area contributed by atoms with Crippen LogP contribution in [0.15, 0.2) is 18.2 Å². The zero-order valence-corrected chi connectivity index (χ0v) is 9.53. The minimum Gasteiger partial charge on any atom is -0.366 e. The normalized spacial score (nSPS) is 9.53. The summed E-state index contributed by atoms with van der Waals surface area (Å²) in [4.78, 5) is 33.2. The number of nitrogens with one attached hydrogen (secondary N) is 2. The molecule has 0 saturated carbocycles. The van der Waals surface area contributed by atoms with Gasteiger partial charge in [-0.15, -0.1) is 0 Å². The van der Waals surface area contributed by atoms with E-state index in [9.17, 15) is 14.4 Å². The van der Waals surface area contributed by atoms with Crippen molar-refractivity contribution in [2.24, 2.45) is 5.73 Å². The highest BCUT2D eigenvalue weighted by molar-refractivity contribution is 6.08. The van der Waals surface area contributed by atoms with Crippen LogP contribution in [0, 0.1) is 0 Å². The molecule has 1 aromatic carbocycles. The Bertz CT molecular complexity index is 483. The van der Waals surface area contributed by atoms with Crippen molar-refractivity contribution in [1.82, 2.24) is 0 Å². The predicted molar refractivity (Wildman–Crippen MR) is 63.6 cm³/mol. The van der Waals surface area contributed by atoms with Gasteiger partial charge in [-0.2, -0.15) is 0 Å². The van der Waals surface area contributed by atoms with Crippen molar-refractivity contribution in [3.05, 3.63) is 23.8 Å². The molecule has 1 rings (SSSR count). The summed E-state index contributed by atoms with van der Waals surface area (Å²) in [5.74, 6) is -1.34. The van der Waals surface area contributed by atoms with Crippen LogP contribution < -0.4 is 16.4 Å². The summed E-state index contributed by atoms with van der Waals surface area (Å²) < 4.78 is 0. The van der Waals surface area contributed by atoms with Gasteiger partial charge in [-0.25, -0.2) is 0 Å². The zero-order valence-electron chi connectivity index (χ0n) is 9.53. The Balaban J connectivity index is 3.28. The van der Waals surface area contributed by atoms with Gasteiger partial charge in [-0.1, -0.05) is 6.07 Å². The number of primary amides is 1. The number of amides is 3. The third-order valence-corrected chi connectivity index (χ3v) is 1.94. The molecule has 4 N–H and O–H groups in total. The van der Waals surface area contributed by atoms with E-state index in [2.05, 4.69) is 10.6 Å². The number of carbonyl (C=O) groups is 3. The second-order valence-electron chi connectivity index (χ2n) is 3.45. The van der Waals surface area contributed by atoms with Gasteiger partial charge in [0.15, 0.2) is 0 Å². The quantitative estimate of drug-likeness (QED) is 0.718. The van der Waals surface area contributed by atoms with E-state index in [0.717, 1.165) is 0 Å². The van der Waals surface area contributed by atoms with Crippen molar-refractivity contribution in [2.45, 2.75) is 13.8 Å². The average Bonchev–Trinajstić information content (AvgIpc) is 2.18. The van der Waals surface area contributed by atoms with Gasteiger partial charge in [-0.3, -0.25) is 14.4 Å². The minimum atomic E-state index is -0.680. The number of nitrogens with two attached hydrogens (primary N) is 1. The molecule has 0 aromatic heterocycles. The Kier molecular flexibility index (Phi) is 3.82. The maximum atomic E-state index is 11.2. The monoisotopic (exact) mass is 235 g/mol. The van der Waals surface area contributed by atoms with Gasteiger partial charge in [0.1, 0.15) is 0 Å². The molecule has 0 spiro atoms. The molecule has 6 nitrogen and oxygen atoms in total. The highest BCUT2D eigenvalue weighted by atomic mass is 16.2. The van der Waals surface area contributed by atoms with E-state index in [1.807, 2.05) is 0 Å². The first kappa shape index (κ1) is 12.7. The van der Waals surface area contributed by atoms with Crippen molar-refractivity contribution in [1.29, 1.82) is 0 Å². The number of hydrogen-bond acceptors (Lipinski definition) is 3. The van der Waals surface area contributed by atoms with Crippen LogP contribution in [0.5, 0.6) is 0 Å². The number of rotatable bonds is 3. The number of para-hydroxylation sites is 1. The number of benzene rings is 1. The maximum Gasteiger partial charge on any atom is 0.250 e. The van der Waals surface area contributed by atoms with Crippen LogP contribution in [-0.4, -0.2) is 17.7 Å². The van der Waals surface area contributed by atoms with Crippen LogP contribution in [0.4, 0.5) is 11.4 Å². The fourth-order valence-electron chi connectivity index (χ4n) is 1.36. The summed E-state index contributed by atoms with van der Waals surface area (Å²) in [7, 11) is 0. The van der Waals surface area contributed by atoms with Gasteiger partial charge in [0.25, 0.3) is 5.91 Å². The second-order valence-corrected chi connectivity index (χ2v) is 3.45. The van der Waals surface area contributed by atoms with E-state index in [0.29, 0.717) is 5.69 Å². The summed E-state index contributed by atoms with van der Waals surface area (Å²) in [6.45, 7) is 2.63. The molecule has 0 aliphatic carbocycles. The Morgan fingerprint density at radius 1 is 1.06 bits per heavy atom. The van der Waals surface area contributed by atoms with E-state index in [1.165, 1.54) is 19.9 Å². The molecular weight excluding hydrogens is 222 g/mol. The van der Waals surface area contributed by atoms with E-state index in [4.69, 9.17) is 5.73 Å². The molecule has 3 amide bonds. The molecule has 0 unspecified atom stereocenters. The summed E-state index contributed by atoms with van der Waals surface area (Å²) in [6, 6.07) is 4.61. The molecule has 6 heteroatoms. The molecule has 0 fully saturated rings. The van der Waals surface area contributed by atoms with Gasteiger partial charge < -0.3 is 16.4 Å². The van der Waals surface area contributed by atoms with E-state index < -0.39 is 5.91 Å². The summed E-state index contributed by atoms with van der Waals surface area (Å²) >= 11 is 0. The first-order valence-electron chi connectivity index (χ1n) is 4.90. The molecule has 0 heterocycles. The van der Waals surface area contributed by atoms with Crippen molar-refractivity contribution < 1.29 is 14.4 Å². The lowest BCUT2D eigenvalue weighted by atomic mass is 10.1. The van der Waals surface area contributed by atoms with Crippen LogP contribution in [0.25, 0.3) is 0 Å². The van der Waals surface area contributed by atoms with Gasteiger partial charge in [0, 0.05) is 13.8 Å². The lowest BCUT2D eigenvalue weighted by Crippen LogP contribution is -2.19. The number of carbonyl (C=O) groups excluding carboxylic acids is 3. The molecule has 17 heavy (non-hydrogen) atoms. The molecule has 0 bridgehead atoms. The van der Waals surface area contributed by atoms with Gasteiger partial charge in [0.2, 0.25) is 11.8 Å². The predicted octanol–water partition coefficient (Wildman–Crippen LogP) is 0.702. The second kappa shape index (κ2) is 5.11. The minimum absolute atomic E-state index is 0.145. The Hall–Kier alpha value is -2.37. The average molecular weight is 235 g/mol. The largest absolute Gasteiger partial charge is 0.366 e. The Morgan fingerprint density at radius 2 is 1.65 bits per heavy atom. The molecule has 0 saturated heterocycles. The maximum absolute atomic E-state index is 11.2. The van der Waals surface area contributed by atoms with Crippen LogP contribution in [-0.2, 0) is 9.59 Å². The van der Waals surface area contributed by atoms with E-state index >= 15 is 0 Å². The molecule has 1 aromatic rings. The Labute approximate surface area is 98.2 Å². The molecule has 90 valence electrons. The van der Waals surface area contributed by atoms with Crippen molar-refractivity contribution in [3.63, 3.8) is 0 Å². The number of hydrogen-bond donors (Lipinski definition) is 3. The highest BCUT2D eigenvalue weighted by Gasteiger charge is 2.14. The third kappa shape index (κ3) is 3.30. The topological polar surface area (TPSA) is 101 Å². The smallest absolute Gasteiger partial charge is 0.250 e. The highest BCUT2D eigenvalue weighted by Crippen LogP contribution is 2.26. The van der Waals surface area contributed by atoms with Crippen LogP contribution in [0.2, 0.25) is 0 Å². The first-order valence-corrected chi connectivity index (χ1v) is 4.90. The molecular formula is C11H13N3O3. The zero-order chi connectivity index (χ0) is 13.0. The molecule has 0 aliphatic heterocycles. The first-order chi connectivity index (χ1) is 7.91. The Morgan fingerprint density at radius 3 is 2.12 bits per heavy atom. The van der Waals surface area contributed by atoms with Crippen molar-refractivity contribution in [2.75, 3.05) is 10.6 Å². The SMILES string of the molecule is CC(=O)Nc1cccc(C(N)=O)c1NC(C)=O. The molecule has 0 aliphatic rings. The van der Waals surface area contributed by atoms with E-state index in [1.54, 1.807) is 12.1 Å². The van der Waals surface area contributed by atoms with Crippen LogP contribution >= 0.6 is 0 Å². The summed E-state index contributed by atoms with van der Waals surface area (Å²) in [5.41, 5.74) is 5.88. The van der Waals surface area contributed by atoms with Crippen molar-refractivity contribution in [3.8, 4) is 0 Å². The molecule has 0 radical (unpaired) electrons. The standard InChI is InChI=1S/C11H13N3O3/c1-6(15)13-9-5-3-4-8(11(12)17)10(9)14-7(2)16/h3-5H,1-2H3,(H2,12,17)(H,13,15)(H,14,16). The third-order valence-electron chi connectivity index (χ3n) is 1.94. The summed E-state index contributed by atoms with van der Waals surface area (Å²) in [5, 5.41) is 4.99. The molecule has 0 atom stereocenters. The lowest BCUT2D eigenvalue weighted by molar-refractivity contribution is -0.115. The fourth-order valence-corrected chi connectivity index (χ4v) is 1.36. The van der Waals surface area contributed by atoms with Gasteiger partial charge in [-0.05, 0) is 12.1 Å². The fraction of sp³-hybridized carbons (Fsp3) is 0.182. The number of anilines is 2. The lowest BCUT2D eigenvalue weighted by Gasteiger charge is -2.13. The summed E-state index contributed by atoms with van der Waals surface area (Å²) in [6.07, 6.45) is 0. The van der Waals surface area contributed by atoms with Crippen LogP contribution in [0.1, 0.15) is 24.2 Å². The van der Waals surface area contributed by atoms with Crippen molar-refractivity contribution >= 4 is 29.1 Å². The van der Waals surface area contributed by atoms with E-state index in [-0.39, 0.29) is 23.1 Å². The van der Waals surface area contributed by atoms with Gasteiger partial charge in [0.05, 0.1) is 16.9 Å². The van der Waals surface area contributed by atoms with Gasteiger partial charge >= 0.3 is 0 Å². The van der Waals surface area contributed by atoms with Crippen LogP contribution in [0.3, 0.4) is 0 Å².